The SMILES string of the molecule is CC(C)=CCC[C@@](C)(O)[C@@H]1CC[C@]2(C)[C@@H]1[C@H](O)C[C@@H]1[C@@]3(C)CC[C@H](O)C(C)(C)[C@@H]3[C@@H](O)C[C@]12C. The smallest absolute Gasteiger partial charge is 0.0654 e. The van der Waals surface area contributed by atoms with Gasteiger partial charge in [-0.2, -0.15) is 0 Å². The fourth-order valence-corrected chi connectivity index (χ4v) is 10.5. The Morgan fingerprint density at radius 2 is 1.59 bits per heavy atom. The van der Waals surface area contributed by atoms with E-state index in [0.717, 1.165) is 51.4 Å². The first kappa shape index (κ1) is 26.6. The highest BCUT2D eigenvalue weighted by Crippen LogP contribution is 2.75. The molecule has 0 amide bonds. The average molecular weight is 477 g/mol. The van der Waals surface area contributed by atoms with Crippen LogP contribution in [0.15, 0.2) is 11.6 Å². The molecule has 4 saturated carbocycles. The van der Waals surface area contributed by atoms with E-state index in [-0.39, 0.29) is 39.4 Å². The largest absolute Gasteiger partial charge is 0.393 e. The van der Waals surface area contributed by atoms with Crippen LogP contribution in [0.3, 0.4) is 0 Å². The van der Waals surface area contributed by atoms with Gasteiger partial charge in [0, 0.05) is 0 Å². The molecule has 0 radical (unpaired) electrons. The summed E-state index contributed by atoms with van der Waals surface area (Å²) in [6.07, 6.45) is 7.54. The van der Waals surface area contributed by atoms with E-state index >= 15 is 0 Å². The molecule has 34 heavy (non-hydrogen) atoms. The lowest BCUT2D eigenvalue weighted by Gasteiger charge is -2.71. The number of aliphatic hydroxyl groups is 4. The summed E-state index contributed by atoms with van der Waals surface area (Å²) < 4.78 is 0. The Kier molecular flexibility index (Phi) is 6.50. The molecule has 196 valence electrons. The molecule has 4 aliphatic rings. The van der Waals surface area contributed by atoms with Crippen LogP contribution >= 0.6 is 0 Å². The highest BCUT2D eigenvalue weighted by Gasteiger charge is 2.72. The molecular weight excluding hydrogens is 424 g/mol. The standard InChI is InChI=1S/C30H52O4/c1-18(2)10-9-13-30(8,34)19-11-15-28(6)24(19)20(31)16-22-27(5)14-12-23(33)26(3,4)25(27)21(32)17-29(22,28)7/h10,19-25,31-34H,9,11-17H2,1-8H3/t19-,20-,21+,22-,23+,24+,25+,27-,28-,29-,30-/m1/s1. The van der Waals surface area contributed by atoms with Crippen molar-refractivity contribution in [2.24, 2.45) is 45.3 Å². The molecule has 4 rings (SSSR count). The van der Waals surface area contributed by atoms with Crippen molar-refractivity contribution in [3.05, 3.63) is 11.6 Å². The first-order valence-electron chi connectivity index (χ1n) is 13.9. The maximum absolute atomic E-state index is 11.8. The average Bonchev–Trinajstić information content (AvgIpc) is 3.07. The second-order valence-corrected chi connectivity index (χ2v) is 14.7. The summed E-state index contributed by atoms with van der Waals surface area (Å²) in [7, 11) is 0. The van der Waals surface area contributed by atoms with E-state index in [0.29, 0.717) is 5.92 Å². The van der Waals surface area contributed by atoms with Crippen LogP contribution in [-0.4, -0.2) is 44.3 Å². The van der Waals surface area contributed by atoms with Crippen LogP contribution in [0.5, 0.6) is 0 Å². The van der Waals surface area contributed by atoms with Crippen molar-refractivity contribution in [2.45, 2.75) is 131 Å². The van der Waals surface area contributed by atoms with Gasteiger partial charge in [-0.15, -0.1) is 0 Å². The van der Waals surface area contributed by atoms with Gasteiger partial charge in [-0.25, -0.2) is 0 Å². The van der Waals surface area contributed by atoms with Crippen molar-refractivity contribution in [3.63, 3.8) is 0 Å². The van der Waals surface area contributed by atoms with E-state index in [1.807, 2.05) is 6.92 Å². The zero-order valence-electron chi connectivity index (χ0n) is 23.1. The monoisotopic (exact) mass is 476 g/mol. The van der Waals surface area contributed by atoms with Crippen LogP contribution in [-0.2, 0) is 0 Å². The molecule has 0 aromatic carbocycles. The Morgan fingerprint density at radius 3 is 2.21 bits per heavy atom. The van der Waals surface area contributed by atoms with E-state index in [1.165, 1.54) is 5.57 Å². The van der Waals surface area contributed by atoms with Crippen molar-refractivity contribution >= 4 is 0 Å². The lowest BCUT2D eigenvalue weighted by Crippen LogP contribution is -2.69. The number of hydrogen-bond acceptors (Lipinski definition) is 4. The number of aliphatic hydroxyl groups excluding tert-OH is 3. The fourth-order valence-electron chi connectivity index (χ4n) is 10.5. The van der Waals surface area contributed by atoms with Crippen molar-refractivity contribution < 1.29 is 20.4 Å². The normalized spacial score (nSPS) is 51.6. The van der Waals surface area contributed by atoms with Crippen LogP contribution in [0.1, 0.15) is 107 Å². The molecule has 4 aliphatic carbocycles. The highest BCUT2D eigenvalue weighted by molar-refractivity contribution is 5.21. The number of rotatable bonds is 4. The zero-order valence-corrected chi connectivity index (χ0v) is 23.1. The molecule has 0 aromatic rings. The van der Waals surface area contributed by atoms with Gasteiger partial charge < -0.3 is 20.4 Å². The van der Waals surface area contributed by atoms with Crippen LogP contribution in [0, 0.1) is 45.3 Å². The second kappa shape index (κ2) is 8.30. The Balaban J connectivity index is 1.70. The summed E-state index contributed by atoms with van der Waals surface area (Å²) in [5.41, 5.74) is -0.230. The van der Waals surface area contributed by atoms with E-state index in [9.17, 15) is 20.4 Å². The second-order valence-electron chi connectivity index (χ2n) is 14.7. The topological polar surface area (TPSA) is 80.9 Å². The third kappa shape index (κ3) is 3.60. The molecule has 11 atom stereocenters. The molecule has 0 bridgehead atoms. The van der Waals surface area contributed by atoms with Gasteiger partial charge in [0.15, 0.2) is 0 Å². The maximum atomic E-state index is 11.8. The van der Waals surface area contributed by atoms with Crippen LogP contribution < -0.4 is 0 Å². The van der Waals surface area contributed by atoms with Gasteiger partial charge in [-0.05, 0) is 117 Å². The van der Waals surface area contributed by atoms with E-state index in [4.69, 9.17) is 0 Å². The third-order valence-corrected chi connectivity index (χ3v) is 12.3. The highest BCUT2D eigenvalue weighted by atomic mass is 16.3. The Bertz CT molecular complexity index is 813. The number of fused-ring (bicyclic) bond motifs is 5. The van der Waals surface area contributed by atoms with Gasteiger partial charge >= 0.3 is 0 Å². The van der Waals surface area contributed by atoms with E-state index < -0.39 is 23.9 Å². The molecular formula is C30H52O4. The minimum Gasteiger partial charge on any atom is -0.393 e. The molecule has 0 unspecified atom stereocenters. The summed E-state index contributed by atoms with van der Waals surface area (Å²) in [6, 6.07) is 0. The van der Waals surface area contributed by atoms with Crippen molar-refractivity contribution in [1.29, 1.82) is 0 Å². The molecule has 0 aliphatic heterocycles. The molecule has 4 nitrogen and oxygen atoms in total. The van der Waals surface area contributed by atoms with E-state index in [2.05, 4.69) is 54.5 Å². The molecule has 0 aromatic heterocycles. The minimum absolute atomic E-state index is 0.0264. The quantitative estimate of drug-likeness (QED) is 0.406. The summed E-state index contributed by atoms with van der Waals surface area (Å²) in [6.45, 7) is 17.5. The van der Waals surface area contributed by atoms with Gasteiger partial charge in [0.2, 0.25) is 0 Å². The van der Waals surface area contributed by atoms with Gasteiger partial charge in [-0.1, -0.05) is 46.3 Å². The van der Waals surface area contributed by atoms with Crippen LogP contribution in [0.2, 0.25) is 0 Å². The Labute approximate surface area is 208 Å². The lowest BCUT2D eigenvalue weighted by molar-refractivity contribution is -0.274. The summed E-state index contributed by atoms with van der Waals surface area (Å²) in [4.78, 5) is 0. The third-order valence-electron chi connectivity index (χ3n) is 12.3. The predicted octanol–water partition coefficient (Wildman–Crippen LogP) is 5.47. The van der Waals surface area contributed by atoms with Gasteiger partial charge in [0.25, 0.3) is 0 Å². The van der Waals surface area contributed by atoms with Gasteiger partial charge in [0.05, 0.1) is 23.9 Å². The van der Waals surface area contributed by atoms with E-state index in [1.54, 1.807) is 0 Å². The van der Waals surface area contributed by atoms with Crippen LogP contribution in [0.4, 0.5) is 0 Å². The number of allylic oxidation sites excluding steroid dienone is 2. The summed E-state index contributed by atoms with van der Waals surface area (Å²) in [5.74, 6) is 0.442. The minimum atomic E-state index is -0.810. The molecule has 0 spiro atoms. The first-order valence-corrected chi connectivity index (χ1v) is 13.9. The first-order chi connectivity index (χ1) is 15.5. The lowest BCUT2D eigenvalue weighted by atomic mass is 9.34. The summed E-state index contributed by atoms with van der Waals surface area (Å²) in [5, 5.41) is 46.0. The molecule has 4 N–H and O–H groups in total. The summed E-state index contributed by atoms with van der Waals surface area (Å²) >= 11 is 0. The van der Waals surface area contributed by atoms with Crippen molar-refractivity contribution in [1.82, 2.24) is 0 Å². The van der Waals surface area contributed by atoms with Crippen molar-refractivity contribution in [3.8, 4) is 0 Å². The predicted molar refractivity (Wildman–Crippen MR) is 137 cm³/mol. The molecule has 4 heteroatoms. The molecule has 0 heterocycles. The molecule has 0 saturated heterocycles. The van der Waals surface area contributed by atoms with Crippen LogP contribution in [0.25, 0.3) is 0 Å². The Morgan fingerprint density at radius 1 is 0.941 bits per heavy atom. The van der Waals surface area contributed by atoms with Gasteiger partial charge in [-0.3, -0.25) is 0 Å². The van der Waals surface area contributed by atoms with Gasteiger partial charge in [0.1, 0.15) is 0 Å². The number of hydrogen-bond donors (Lipinski definition) is 4. The molecule has 4 fully saturated rings. The maximum Gasteiger partial charge on any atom is 0.0654 e. The van der Waals surface area contributed by atoms with Crippen molar-refractivity contribution in [2.75, 3.05) is 0 Å². The fraction of sp³-hybridized carbons (Fsp3) is 0.933. The zero-order chi connectivity index (χ0) is 25.5. The Hall–Kier alpha value is -0.420.